The zero-order chi connectivity index (χ0) is 28.7. The van der Waals surface area contributed by atoms with Gasteiger partial charge in [0.1, 0.15) is 0 Å². The number of amides is 1. The lowest BCUT2D eigenvalue weighted by Crippen LogP contribution is -2.32. The Morgan fingerprint density at radius 2 is 1.71 bits per heavy atom. The summed E-state index contributed by atoms with van der Waals surface area (Å²) in [5.74, 6) is 6.13. The number of pyridine rings is 2. The zero-order valence-corrected chi connectivity index (χ0v) is 23.2. The molecule has 8 heteroatoms. The Kier molecular flexibility index (Phi) is 6.48. The van der Waals surface area contributed by atoms with Gasteiger partial charge in [0.15, 0.2) is 0 Å². The summed E-state index contributed by atoms with van der Waals surface area (Å²) in [4.78, 5) is 27.8. The van der Waals surface area contributed by atoms with Crippen molar-refractivity contribution in [1.82, 2.24) is 29.3 Å². The molecule has 0 unspecified atom stereocenters. The van der Waals surface area contributed by atoms with E-state index >= 15 is 0 Å². The number of aryl methyl sites for hydroxylation is 2. The molecule has 4 heterocycles. The minimum atomic E-state index is -0.495. The topological polar surface area (TPSA) is 86.2 Å². The summed E-state index contributed by atoms with van der Waals surface area (Å²) in [6, 6.07) is 22.2. The molecule has 0 saturated heterocycles. The fraction of sp³-hybridized carbons (Fsp3) is 0.152. The SMILES string of the molecule is Cc1nn2ccccc2c1C(=O)N[C@@H](C)c1cc2cccc(C#Cc3cnn(C)c3C)c2c(=O)n1-c1ccccc1. The average Bonchev–Trinajstić information content (AvgIpc) is 3.49. The van der Waals surface area contributed by atoms with Crippen LogP contribution in [-0.4, -0.2) is 29.9 Å². The lowest BCUT2D eigenvalue weighted by Gasteiger charge is -2.21. The second-order valence-electron chi connectivity index (χ2n) is 10.0. The molecule has 8 nitrogen and oxygen atoms in total. The molecular formula is C33H28N6O2. The first-order chi connectivity index (χ1) is 19.8. The molecule has 202 valence electrons. The van der Waals surface area contributed by atoms with Crippen molar-refractivity contribution >= 4 is 22.2 Å². The molecule has 2 aromatic carbocycles. The van der Waals surface area contributed by atoms with Crippen molar-refractivity contribution in [3.63, 3.8) is 0 Å². The number of hydrogen-bond donors (Lipinski definition) is 1. The first kappa shape index (κ1) is 25.8. The first-order valence-electron chi connectivity index (χ1n) is 13.3. The van der Waals surface area contributed by atoms with E-state index in [1.54, 1.807) is 20.0 Å². The molecule has 1 N–H and O–H groups in total. The van der Waals surface area contributed by atoms with Gasteiger partial charge in [-0.05, 0) is 62.6 Å². The van der Waals surface area contributed by atoms with E-state index in [0.29, 0.717) is 33.6 Å². The summed E-state index contributed by atoms with van der Waals surface area (Å²) in [5.41, 5.74) is 5.41. The molecule has 0 spiro atoms. The van der Waals surface area contributed by atoms with Crippen molar-refractivity contribution in [2.75, 3.05) is 0 Å². The third-order valence-corrected chi connectivity index (χ3v) is 7.39. The highest BCUT2D eigenvalue weighted by Gasteiger charge is 2.22. The van der Waals surface area contributed by atoms with Gasteiger partial charge in [-0.1, -0.05) is 48.2 Å². The third-order valence-electron chi connectivity index (χ3n) is 7.39. The van der Waals surface area contributed by atoms with E-state index in [-0.39, 0.29) is 11.5 Å². The van der Waals surface area contributed by atoms with Crippen LogP contribution in [0.2, 0.25) is 0 Å². The number of hydrogen-bond acceptors (Lipinski definition) is 4. The third kappa shape index (κ3) is 4.57. The maximum absolute atomic E-state index is 14.3. The highest BCUT2D eigenvalue weighted by molar-refractivity contribution is 6.02. The largest absolute Gasteiger partial charge is 0.344 e. The minimum Gasteiger partial charge on any atom is -0.344 e. The lowest BCUT2D eigenvalue weighted by molar-refractivity contribution is 0.0939. The number of fused-ring (bicyclic) bond motifs is 2. The molecule has 0 saturated carbocycles. The second kappa shape index (κ2) is 10.3. The maximum Gasteiger partial charge on any atom is 0.264 e. The highest BCUT2D eigenvalue weighted by atomic mass is 16.2. The second-order valence-corrected chi connectivity index (χ2v) is 10.0. The van der Waals surface area contributed by atoms with Gasteiger partial charge >= 0.3 is 0 Å². The van der Waals surface area contributed by atoms with Gasteiger partial charge in [-0.3, -0.25) is 18.8 Å². The number of nitrogens with zero attached hydrogens (tertiary/aromatic N) is 5. The molecule has 4 aromatic heterocycles. The van der Waals surface area contributed by atoms with Crippen molar-refractivity contribution in [2.45, 2.75) is 26.8 Å². The van der Waals surface area contributed by atoms with Crippen LogP contribution in [0, 0.1) is 25.7 Å². The lowest BCUT2D eigenvalue weighted by atomic mass is 10.0. The molecular weight excluding hydrogens is 512 g/mol. The molecule has 0 aliphatic carbocycles. The molecule has 41 heavy (non-hydrogen) atoms. The predicted molar refractivity (Wildman–Crippen MR) is 159 cm³/mol. The quantitative estimate of drug-likeness (QED) is 0.323. The summed E-state index contributed by atoms with van der Waals surface area (Å²) in [7, 11) is 1.87. The number of carbonyl (C=O) groups excluding carboxylic acids is 1. The number of aromatic nitrogens is 5. The van der Waals surface area contributed by atoms with Gasteiger partial charge in [-0.25, -0.2) is 4.52 Å². The Labute approximate surface area is 236 Å². The standard InChI is InChI=1S/C33H28N6O2/c1-21(35-32(40)30-22(2)36-38-18-9-8-15-28(30)38)29-19-25-12-10-11-24(16-17-26-20-34-37(4)23(26)3)31(25)33(41)39(29)27-13-6-5-7-14-27/h5-15,18-21H,1-4H3,(H,35,40)/t21-/m0/s1. The van der Waals surface area contributed by atoms with E-state index < -0.39 is 6.04 Å². The van der Waals surface area contributed by atoms with Crippen molar-refractivity contribution < 1.29 is 4.79 Å². The van der Waals surface area contributed by atoms with Crippen LogP contribution in [0.1, 0.15) is 51.5 Å². The minimum absolute atomic E-state index is 0.204. The predicted octanol–water partition coefficient (Wildman–Crippen LogP) is 4.88. The van der Waals surface area contributed by atoms with Gasteiger partial charge in [-0.15, -0.1) is 0 Å². The van der Waals surface area contributed by atoms with Crippen LogP contribution >= 0.6 is 0 Å². The van der Waals surface area contributed by atoms with Crippen molar-refractivity contribution in [1.29, 1.82) is 0 Å². The Hall–Kier alpha value is -5.42. The van der Waals surface area contributed by atoms with E-state index in [4.69, 9.17) is 0 Å². The van der Waals surface area contributed by atoms with Gasteiger partial charge in [0.25, 0.3) is 11.5 Å². The van der Waals surface area contributed by atoms with Gasteiger partial charge < -0.3 is 5.32 Å². The summed E-state index contributed by atoms with van der Waals surface area (Å²) in [5, 5.41) is 13.1. The van der Waals surface area contributed by atoms with Crippen molar-refractivity contribution in [3.8, 4) is 17.5 Å². The average molecular weight is 541 g/mol. The summed E-state index contributed by atoms with van der Waals surface area (Å²) >= 11 is 0. The number of nitrogens with one attached hydrogen (secondary N) is 1. The Morgan fingerprint density at radius 3 is 2.46 bits per heavy atom. The molecule has 0 radical (unpaired) electrons. The zero-order valence-electron chi connectivity index (χ0n) is 23.2. The summed E-state index contributed by atoms with van der Waals surface area (Å²) in [6.45, 7) is 5.66. The number of rotatable bonds is 4. The number of benzene rings is 2. The molecule has 6 rings (SSSR count). The fourth-order valence-corrected chi connectivity index (χ4v) is 5.14. The van der Waals surface area contributed by atoms with E-state index in [1.807, 2.05) is 107 Å². The van der Waals surface area contributed by atoms with Gasteiger partial charge in [0, 0.05) is 30.2 Å². The molecule has 1 atom stereocenters. The molecule has 0 fully saturated rings. The first-order valence-corrected chi connectivity index (χ1v) is 13.3. The van der Waals surface area contributed by atoms with Crippen LogP contribution in [0.5, 0.6) is 0 Å². The fourth-order valence-electron chi connectivity index (χ4n) is 5.14. The molecule has 6 aromatic rings. The van der Waals surface area contributed by atoms with Gasteiger partial charge in [0.2, 0.25) is 0 Å². The Bertz CT molecular complexity index is 2070. The number of carbonyl (C=O) groups is 1. The molecule has 0 bridgehead atoms. The summed E-state index contributed by atoms with van der Waals surface area (Å²) < 4.78 is 5.13. The van der Waals surface area contributed by atoms with Crippen LogP contribution in [0.3, 0.4) is 0 Å². The normalized spacial score (nSPS) is 11.8. The van der Waals surface area contributed by atoms with Crippen molar-refractivity contribution in [3.05, 3.63) is 129 Å². The van der Waals surface area contributed by atoms with Gasteiger partial charge in [-0.2, -0.15) is 10.2 Å². The molecule has 0 aliphatic rings. The monoisotopic (exact) mass is 540 g/mol. The van der Waals surface area contributed by atoms with Crippen molar-refractivity contribution in [2.24, 2.45) is 7.05 Å². The van der Waals surface area contributed by atoms with Gasteiger partial charge in [0.05, 0.1) is 45.7 Å². The maximum atomic E-state index is 14.3. The highest BCUT2D eigenvalue weighted by Crippen LogP contribution is 2.24. The van der Waals surface area contributed by atoms with E-state index in [9.17, 15) is 9.59 Å². The van der Waals surface area contributed by atoms with Crippen LogP contribution in [0.25, 0.3) is 22.0 Å². The van der Waals surface area contributed by atoms with Crippen LogP contribution in [0.15, 0.2) is 90.0 Å². The van der Waals surface area contributed by atoms with E-state index in [2.05, 4.69) is 27.4 Å². The number of para-hydroxylation sites is 1. The Balaban J connectivity index is 1.48. The Morgan fingerprint density at radius 1 is 0.951 bits per heavy atom. The van der Waals surface area contributed by atoms with E-state index in [0.717, 1.165) is 22.2 Å². The molecule has 0 aliphatic heterocycles. The molecule has 1 amide bonds. The van der Waals surface area contributed by atoms with Crippen LogP contribution in [-0.2, 0) is 7.05 Å². The summed E-state index contributed by atoms with van der Waals surface area (Å²) in [6.07, 6.45) is 3.54. The van der Waals surface area contributed by atoms with E-state index in [1.165, 1.54) is 0 Å². The smallest absolute Gasteiger partial charge is 0.264 e. The van der Waals surface area contributed by atoms with Crippen LogP contribution in [0.4, 0.5) is 0 Å². The van der Waals surface area contributed by atoms with Crippen LogP contribution < -0.4 is 10.9 Å².